The van der Waals surface area contributed by atoms with Gasteiger partial charge in [-0.15, -0.1) is 0 Å². The largest absolute Gasteiger partial charge is 0.497 e. The van der Waals surface area contributed by atoms with Crippen LogP contribution < -0.4 is 9.47 Å². The molecule has 3 aromatic rings. The van der Waals surface area contributed by atoms with Gasteiger partial charge in [-0.05, 0) is 49.4 Å². The molecule has 8 heteroatoms. The SMILES string of the molecule is COc1ccc(C(=O)N2CCCC(CCc3noc(-c4ccncc4)n3)C2)c(OC)c1. The molecule has 1 atom stereocenters. The number of pyridine rings is 1. The van der Waals surface area contributed by atoms with Crippen molar-refractivity contribution in [1.29, 1.82) is 0 Å². The molecule has 8 nitrogen and oxygen atoms in total. The van der Waals surface area contributed by atoms with Crippen LogP contribution in [0.5, 0.6) is 11.5 Å². The summed E-state index contributed by atoms with van der Waals surface area (Å²) in [4.78, 5) is 23.5. The first-order valence-electron chi connectivity index (χ1n) is 10.4. The maximum atomic E-state index is 13.1. The summed E-state index contributed by atoms with van der Waals surface area (Å²) in [6, 6.07) is 8.98. The molecule has 1 aromatic carbocycles. The molecular formula is C23H26N4O4. The number of piperidine rings is 1. The van der Waals surface area contributed by atoms with Crippen LogP contribution in [0.3, 0.4) is 0 Å². The van der Waals surface area contributed by atoms with E-state index < -0.39 is 0 Å². The molecule has 0 aliphatic carbocycles. The topological polar surface area (TPSA) is 90.6 Å². The highest BCUT2D eigenvalue weighted by molar-refractivity contribution is 5.97. The Morgan fingerprint density at radius 1 is 1.19 bits per heavy atom. The Labute approximate surface area is 181 Å². The van der Waals surface area contributed by atoms with Gasteiger partial charge in [-0.2, -0.15) is 4.98 Å². The molecule has 31 heavy (non-hydrogen) atoms. The standard InChI is InChI=1S/C23H26N4O4/c1-29-18-6-7-19(20(14-18)30-2)23(28)27-13-3-4-16(15-27)5-8-21-25-22(31-26-21)17-9-11-24-12-10-17/h6-7,9-12,14,16H,3-5,8,13,15H2,1-2H3. The Morgan fingerprint density at radius 2 is 2.03 bits per heavy atom. The molecule has 1 aliphatic rings. The number of likely N-dealkylation sites (tertiary alicyclic amines) is 1. The maximum absolute atomic E-state index is 13.1. The van der Waals surface area contributed by atoms with Crippen molar-refractivity contribution in [3.8, 4) is 23.0 Å². The number of benzene rings is 1. The van der Waals surface area contributed by atoms with Crippen LogP contribution >= 0.6 is 0 Å². The minimum absolute atomic E-state index is 0.0104. The van der Waals surface area contributed by atoms with Gasteiger partial charge < -0.3 is 18.9 Å². The van der Waals surface area contributed by atoms with E-state index in [1.807, 2.05) is 17.0 Å². The van der Waals surface area contributed by atoms with Crippen molar-refractivity contribution in [3.63, 3.8) is 0 Å². The van der Waals surface area contributed by atoms with Gasteiger partial charge in [0.25, 0.3) is 11.8 Å². The van der Waals surface area contributed by atoms with Crippen LogP contribution in [0.4, 0.5) is 0 Å². The molecule has 1 unspecified atom stereocenters. The Bertz CT molecular complexity index is 1020. The summed E-state index contributed by atoms with van der Waals surface area (Å²) >= 11 is 0. The van der Waals surface area contributed by atoms with E-state index in [1.165, 1.54) is 0 Å². The third-order valence-electron chi connectivity index (χ3n) is 5.62. The molecule has 0 spiro atoms. The van der Waals surface area contributed by atoms with E-state index in [2.05, 4.69) is 15.1 Å². The summed E-state index contributed by atoms with van der Waals surface area (Å²) in [7, 11) is 3.16. The van der Waals surface area contributed by atoms with Gasteiger partial charge in [-0.25, -0.2) is 0 Å². The number of rotatable bonds is 7. The van der Waals surface area contributed by atoms with Gasteiger partial charge in [-0.1, -0.05) is 5.16 Å². The molecule has 1 fully saturated rings. The molecule has 1 aliphatic heterocycles. The highest BCUT2D eigenvalue weighted by atomic mass is 16.5. The van der Waals surface area contributed by atoms with Crippen molar-refractivity contribution >= 4 is 5.91 Å². The first kappa shape index (κ1) is 20.8. The van der Waals surface area contributed by atoms with E-state index in [0.29, 0.717) is 47.7 Å². The number of ether oxygens (including phenoxy) is 2. The number of hydrogen-bond acceptors (Lipinski definition) is 7. The molecule has 0 radical (unpaired) electrons. The zero-order valence-corrected chi connectivity index (χ0v) is 17.8. The van der Waals surface area contributed by atoms with Gasteiger partial charge in [0.15, 0.2) is 5.82 Å². The second-order valence-electron chi connectivity index (χ2n) is 7.62. The lowest BCUT2D eigenvalue weighted by molar-refractivity contribution is 0.0664. The van der Waals surface area contributed by atoms with Crippen LogP contribution in [0.1, 0.15) is 35.4 Å². The number of aryl methyl sites for hydroxylation is 1. The van der Waals surface area contributed by atoms with Crippen molar-refractivity contribution in [2.24, 2.45) is 5.92 Å². The molecule has 1 saturated heterocycles. The monoisotopic (exact) mass is 422 g/mol. The molecular weight excluding hydrogens is 396 g/mol. The average Bonchev–Trinajstić information content (AvgIpc) is 3.32. The minimum Gasteiger partial charge on any atom is -0.497 e. The number of carbonyl (C=O) groups is 1. The highest BCUT2D eigenvalue weighted by Crippen LogP contribution is 2.28. The zero-order chi connectivity index (χ0) is 21.6. The van der Waals surface area contributed by atoms with Crippen molar-refractivity contribution in [2.45, 2.75) is 25.7 Å². The molecule has 162 valence electrons. The van der Waals surface area contributed by atoms with E-state index in [1.54, 1.807) is 44.8 Å². The third kappa shape index (κ3) is 4.84. The fourth-order valence-corrected chi connectivity index (χ4v) is 3.93. The highest BCUT2D eigenvalue weighted by Gasteiger charge is 2.26. The summed E-state index contributed by atoms with van der Waals surface area (Å²) < 4.78 is 16.0. The van der Waals surface area contributed by atoms with E-state index in [9.17, 15) is 4.79 Å². The third-order valence-corrected chi connectivity index (χ3v) is 5.62. The van der Waals surface area contributed by atoms with Gasteiger partial charge in [0, 0.05) is 43.5 Å². The Morgan fingerprint density at radius 3 is 2.81 bits per heavy atom. The summed E-state index contributed by atoms with van der Waals surface area (Å²) in [6.07, 6.45) is 7.07. The Kier molecular flexibility index (Phi) is 6.45. The predicted octanol–water partition coefficient (Wildman–Crippen LogP) is 3.63. The van der Waals surface area contributed by atoms with Gasteiger partial charge in [0.05, 0.1) is 19.8 Å². The van der Waals surface area contributed by atoms with E-state index in [-0.39, 0.29) is 5.91 Å². The van der Waals surface area contributed by atoms with Gasteiger partial charge in [0.1, 0.15) is 11.5 Å². The normalized spacial score (nSPS) is 16.2. The second kappa shape index (κ2) is 9.59. The molecule has 0 bridgehead atoms. The van der Waals surface area contributed by atoms with Crippen LogP contribution in [0.25, 0.3) is 11.5 Å². The zero-order valence-electron chi connectivity index (χ0n) is 17.8. The minimum atomic E-state index is -0.0104. The van der Waals surface area contributed by atoms with Gasteiger partial charge in [0.2, 0.25) is 0 Å². The Hall–Kier alpha value is -3.42. The van der Waals surface area contributed by atoms with Gasteiger partial charge in [-0.3, -0.25) is 9.78 Å². The summed E-state index contributed by atoms with van der Waals surface area (Å²) in [5.41, 5.74) is 1.42. The summed E-state index contributed by atoms with van der Waals surface area (Å²) in [5, 5.41) is 4.10. The lowest BCUT2D eigenvalue weighted by Crippen LogP contribution is -2.40. The predicted molar refractivity (Wildman–Crippen MR) is 114 cm³/mol. The molecule has 0 N–H and O–H groups in total. The number of amides is 1. The lowest BCUT2D eigenvalue weighted by Gasteiger charge is -2.33. The van der Waals surface area contributed by atoms with Crippen molar-refractivity contribution in [2.75, 3.05) is 27.3 Å². The maximum Gasteiger partial charge on any atom is 0.258 e. The number of methoxy groups -OCH3 is 2. The smallest absolute Gasteiger partial charge is 0.258 e. The molecule has 1 amide bonds. The number of hydrogen-bond donors (Lipinski definition) is 0. The first-order chi connectivity index (χ1) is 15.2. The summed E-state index contributed by atoms with van der Waals surface area (Å²) in [5.74, 6) is 2.77. The molecule has 3 heterocycles. The molecule has 4 rings (SSSR count). The van der Waals surface area contributed by atoms with Gasteiger partial charge >= 0.3 is 0 Å². The van der Waals surface area contributed by atoms with Crippen LogP contribution in [-0.2, 0) is 6.42 Å². The van der Waals surface area contributed by atoms with Crippen LogP contribution in [0, 0.1) is 5.92 Å². The van der Waals surface area contributed by atoms with E-state index >= 15 is 0 Å². The number of nitrogens with zero attached hydrogens (tertiary/aromatic N) is 4. The molecule has 0 saturated carbocycles. The van der Waals surface area contributed by atoms with Crippen LogP contribution in [0.2, 0.25) is 0 Å². The first-order valence-corrected chi connectivity index (χ1v) is 10.4. The van der Waals surface area contributed by atoms with Crippen molar-refractivity contribution < 1.29 is 18.8 Å². The lowest BCUT2D eigenvalue weighted by atomic mass is 9.92. The quantitative estimate of drug-likeness (QED) is 0.574. The van der Waals surface area contributed by atoms with Crippen LogP contribution in [-0.4, -0.2) is 53.2 Å². The fraction of sp³-hybridized carbons (Fsp3) is 0.391. The molecule has 2 aromatic heterocycles. The average molecular weight is 422 g/mol. The van der Waals surface area contributed by atoms with E-state index in [0.717, 1.165) is 31.4 Å². The van der Waals surface area contributed by atoms with E-state index in [4.69, 9.17) is 14.0 Å². The fourth-order valence-electron chi connectivity index (χ4n) is 3.93. The van der Waals surface area contributed by atoms with Crippen molar-refractivity contribution in [1.82, 2.24) is 20.0 Å². The number of aromatic nitrogens is 3. The van der Waals surface area contributed by atoms with Crippen molar-refractivity contribution in [3.05, 3.63) is 54.1 Å². The second-order valence-corrected chi connectivity index (χ2v) is 7.62. The number of carbonyl (C=O) groups excluding carboxylic acids is 1. The van der Waals surface area contributed by atoms with Crippen LogP contribution in [0.15, 0.2) is 47.2 Å². The summed E-state index contributed by atoms with van der Waals surface area (Å²) in [6.45, 7) is 1.46. The Balaban J connectivity index is 1.37.